The minimum absolute atomic E-state index is 0.0312. The molecular weight excluding hydrogens is 683 g/mol. The number of hydrogen-bond donors (Lipinski definition) is 2. The van der Waals surface area contributed by atoms with Crippen LogP contribution >= 0.6 is 35.1 Å². The Labute approximate surface area is 294 Å². The van der Waals surface area contributed by atoms with Crippen LogP contribution in [-0.2, 0) is 24.0 Å². The number of hydrogen-bond acceptors (Lipinski definition) is 13. The van der Waals surface area contributed by atoms with Crippen LogP contribution in [0.15, 0.2) is 119 Å². The second-order valence-corrected chi connectivity index (χ2v) is 13.3. The lowest BCUT2D eigenvalue weighted by atomic mass is 10.0. The van der Waals surface area contributed by atoms with E-state index in [9.17, 15) is 14.4 Å². The highest BCUT2D eigenvalue weighted by molar-refractivity contribution is 8.08. The van der Waals surface area contributed by atoms with Gasteiger partial charge in [0.15, 0.2) is 11.2 Å². The molecule has 0 spiro atoms. The first-order chi connectivity index (χ1) is 23.9. The quantitative estimate of drug-likeness (QED) is 0.0491. The Morgan fingerprint density at radius 2 is 1.82 bits per heavy atom. The molecule has 2 aliphatic rings. The summed E-state index contributed by atoms with van der Waals surface area (Å²) in [5.41, 5.74) is 7.88. The fraction of sp³-hybridized carbons (Fsp3) is 0.147. The molecule has 4 aromatic rings. The van der Waals surface area contributed by atoms with Crippen LogP contribution in [0, 0.1) is 0 Å². The van der Waals surface area contributed by atoms with E-state index in [1.165, 1.54) is 34.5 Å². The zero-order valence-corrected chi connectivity index (χ0v) is 28.2. The molecule has 2 atom stereocenters. The first kappa shape index (κ1) is 33.6. The van der Waals surface area contributed by atoms with Gasteiger partial charge in [-0.15, -0.1) is 11.8 Å². The number of nitrogens with one attached hydrogen (secondary N) is 1. The van der Waals surface area contributed by atoms with Gasteiger partial charge in [0.25, 0.3) is 11.8 Å². The van der Waals surface area contributed by atoms with Crippen LogP contribution in [0.1, 0.15) is 28.7 Å². The number of aromatic nitrogens is 3. The van der Waals surface area contributed by atoms with Gasteiger partial charge in [-0.1, -0.05) is 96.3 Å². The fourth-order valence-electron chi connectivity index (χ4n) is 4.96. The summed E-state index contributed by atoms with van der Waals surface area (Å²) in [7, 11) is 0. The number of carbonyl (C=O) groups excluding carboxylic acids is 3. The van der Waals surface area contributed by atoms with Crippen molar-refractivity contribution in [3.05, 3.63) is 136 Å². The number of carbonyl (C=O) groups is 3. The van der Waals surface area contributed by atoms with Crippen LogP contribution in [0.3, 0.4) is 0 Å². The number of nitrogens with two attached hydrogens (primary N) is 1. The van der Waals surface area contributed by atoms with Crippen molar-refractivity contribution < 1.29 is 24.0 Å². The maximum Gasteiger partial charge on any atom is 0.356 e. The maximum atomic E-state index is 14.2. The van der Waals surface area contributed by atoms with Crippen molar-refractivity contribution >= 4 is 69.8 Å². The molecule has 49 heavy (non-hydrogen) atoms. The maximum absolute atomic E-state index is 14.2. The van der Waals surface area contributed by atoms with Crippen LogP contribution < -0.4 is 11.1 Å². The van der Waals surface area contributed by atoms with E-state index in [-0.39, 0.29) is 29.0 Å². The number of β-lactam (4-membered cyclic amide) rings is 1. The van der Waals surface area contributed by atoms with Crippen molar-refractivity contribution in [2.75, 3.05) is 18.1 Å². The molecule has 2 aliphatic heterocycles. The average Bonchev–Trinajstić information content (AvgIpc) is 3.57. The fourth-order valence-corrected chi connectivity index (χ4v) is 7.73. The Hall–Kier alpha value is -5.25. The minimum atomic E-state index is -0.976. The number of anilines is 1. The summed E-state index contributed by atoms with van der Waals surface area (Å²) >= 11 is 3.60. The normalized spacial score (nSPS) is 17.4. The van der Waals surface area contributed by atoms with Gasteiger partial charge in [-0.2, -0.15) is 9.36 Å². The largest absolute Gasteiger partial charge is 0.448 e. The number of nitrogen functional groups attached to an aromatic ring is 1. The zero-order valence-electron chi connectivity index (χ0n) is 25.7. The predicted molar refractivity (Wildman–Crippen MR) is 191 cm³/mol. The van der Waals surface area contributed by atoms with Crippen molar-refractivity contribution in [3.63, 3.8) is 0 Å². The number of amides is 2. The third kappa shape index (κ3) is 7.74. The summed E-state index contributed by atoms with van der Waals surface area (Å²) in [6.07, 6.45) is 4.24. The number of nitrogens with zero attached hydrogens (tertiary/aromatic N) is 5. The van der Waals surface area contributed by atoms with Crippen molar-refractivity contribution in [2.24, 2.45) is 5.16 Å². The lowest BCUT2D eigenvalue weighted by Crippen LogP contribution is -2.71. The molecule has 0 saturated carbocycles. The zero-order chi connectivity index (χ0) is 34.2. The first-order valence-electron chi connectivity index (χ1n) is 14.9. The molecule has 15 heteroatoms. The van der Waals surface area contributed by atoms with Crippen LogP contribution in [0.5, 0.6) is 0 Å². The highest BCUT2D eigenvalue weighted by Crippen LogP contribution is 2.45. The highest BCUT2D eigenvalue weighted by Gasteiger charge is 2.55. The Kier molecular flexibility index (Phi) is 10.8. The van der Waals surface area contributed by atoms with E-state index in [4.69, 9.17) is 15.3 Å². The summed E-state index contributed by atoms with van der Waals surface area (Å²) in [6, 6.07) is 23.4. The number of esters is 1. The first-order valence-corrected chi connectivity index (χ1v) is 17.6. The molecule has 1 fully saturated rings. The minimum Gasteiger partial charge on any atom is -0.448 e. The molecule has 248 valence electrons. The van der Waals surface area contributed by atoms with Gasteiger partial charge in [-0.3, -0.25) is 19.5 Å². The second-order valence-electron chi connectivity index (χ2n) is 10.4. The van der Waals surface area contributed by atoms with Gasteiger partial charge < -0.3 is 20.6 Å². The van der Waals surface area contributed by atoms with Crippen molar-refractivity contribution in [2.45, 2.75) is 17.5 Å². The molecule has 2 amide bonds. The van der Waals surface area contributed by atoms with Crippen LogP contribution in [0.25, 0.3) is 6.08 Å². The number of benzene rings is 2. The van der Waals surface area contributed by atoms with E-state index >= 15 is 0 Å². The van der Waals surface area contributed by atoms with E-state index in [0.29, 0.717) is 10.7 Å². The molecule has 4 heterocycles. The Balaban J connectivity index is 1.28. The molecule has 0 aliphatic carbocycles. The topological polar surface area (TPSA) is 162 Å². The van der Waals surface area contributed by atoms with Gasteiger partial charge >= 0.3 is 5.97 Å². The molecule has 3 N–H and O–H groups in total. The van der Waals surface area contributed by atoms with E-state index in [0.717, 1.165) is 28.4 Å². The SMILES string of the molecule is C=CCON=C(C(=O)NC1C(=O)N2C(C(=O)OC(c3ccccc3)c3ccccc3)=C(S/C=C\c3ccccn3)CS[C@H]12)c1nsc(N)n1. The van der Waals surface area contributed by atoms with Gasteiger partial charge in [-0.25, -0.2) is 4.79 Å². The highest BCUT2D eigenvalue weighted by atomic mass is 32.2. The van der Waals surface area contributed by atoms with E-state index in [1.807, 2.05) is 90.3 Å². The number of pyridine rings is 1. The van der Waals surface area contributed by atoms with Crippen LogP contribution in [-0.4, -0.2) is 66.5 Å². The number of thioether (sulfide) groups is 2. The summed E-state index contributed by atoms with van der Waals surface area (Å²) in [5.74, 6) is -1.56. The van der Waals surface area contributed by atoms with Crippen LogP contribution in [0.2, 0.25) is 0 Å². The smallest absolute Gasteiger partial charge is 0.356 e. The third-order valence-electron chi connectivity index (χ3n) is 7.20. The molecule has 1 saturated heterocycles. The summed E-state index contributed by atoms with van der Waals surface area (Å²) < 4.78 is 10.3. The van der Waals surface area contributed by atoms with Crippen molar-refractivity contribution in [1.82, 2.24) is 24.6 Å². The van der Waals surface area contributed by atoms with E-state index in [1.54, 1.807) is 6.20 Å². The van der Waals surface area contributed by atoms with E-state index < -0.39 is 35.3 Å². The van der Waals surface area contributed by atoms with Gasteiger partial charge in [-0.05, 0) is 34.7 Å². The summed E-state index contributed by atoms with van der Waals surface area (Å²) in [5, 5.41) is 7.95. The molecule has 12 nitrogen and oxygen atoms in total. The molecule has 6 rings (SSSR count). The number of ether oxygens (including phenoxy) is 1. The lowest BCUT2D eigenvalue weighted by Gasteiger charge is -2.49. The van der Waals surface area contributed by atoms with Gasteiger partial charge in [0.1, 0.15) is 23.7 Å². The lowest BCUT2D eigenvalue weighted by molar-refractivity contribution is -0.154. The molecular formula is C34H29N7O5S3. The number of rotatable bonds is 13. The summed E-state index contributed by atoms with van der Waals surface area (Å²) in [4.78, 5) is 57.0. The standard InChI is InChI=1S/C34H29N7O5S3/c1-2-18-45-39-25(29-38-34(35)49-40-29)30(42)37-26-31(43)41-27(24(20-48-32(26)41)47-19-16-23-15-9-10-17-36-23)33(44)46-28(21-11-5-3-6-12-21)22-13-7-4-8-14-22/h2-17,19,26,28,32H,1,18,20H2,(H,37,42)(H2,35,38,40)/b19-16-,39-25?/t26?,32-/m1/s1. The molecule has 1 unspecified atom stereocenters. The van der Waals surface area contributed by atoms with Gasteiger partial charge in [0.2, 0.25) is 11.5 Å². The molecule has 2 aromatic carbocycles. The monoisotopic (exact) mass is 711 g/mol. The van der Waals surface area contributed by atoms with Crippen LogP contribution in [0.4, 0.5) is 5.13 Å². The second kappa shape index (κ2) is 15.8. The number of fused-ring (bicyclic) bond motifs is 1. The Morgan fingerprint density at radius 1 is 1.10 bits per heavy atom. The Bertz CT molecular complexity index is 1880. The third-order valence-corrected chi connectivity index (χ3v) is 10.1. The van der Waals surface area contributed by atoms with Crippen molar-refractivity contribution in [3.8, 4) is 0 Å². The van der Waals surface area contributed by atoms with E-state index in [2.05, 4.69) is 31.4 Å². The number of oxime groups is 1. The van der Waals surface area contributed by atoms with Gasteiger partial charge in [0, 0.05) is 28.4 Å². The van der Waals surface area contributed by atoms with Crippen molar-refractivity contribution in [1.29, 1.82) is 0 Å². The van der Waals surface area contributed by atoms with Gasteiger partial charge in [0.05, 0.1) is 5.69 Å². The average molecular weight is 712 g/mol. The predicted octanol–water partition coefficient (Wildman–Crippen LogP) is 4.77. The Morgan fingerprint density at radius 3 is 2.45 bits per heavy atom. The molecule has 2 aromatic heterocycles. The summed E-state index contributed by atoms with van der Waals surface area (Å²) in [6.45, 7) is 3.60. The molecule has 0 radical (unpaired) electrons. The molecule has 0 bridgehead atoms.